The van der Waals surface area contributed by atoms with Crippen molar-refractivity contribution in [2.24, 2.45) is 15.8 Å². The van der Waals surface area contributed by atoms with Gasteiger partial charge in [-0.15, -0.1) is 0 Å². The molecule has 1 aliphatic heterocycles. The van der Waals surface area contributed by atoms with E-state index in [0.29, 0.717) is 36.4 Å². The summed E-state index contributed by atoms with van der Waals surface area (Å²) in [4.78, 5) is 3.92. The Morgan fingerprint density at radius 3 is 2.95 bits per heavy atom. The number of hydrazone groups is 1. The fraction of sp³-hybridized carbons (Fsp3) is 0.357. The summed E-state index contributed by atoms with van der Waals surface area (Å²) in [5.74, 6) is 0.741. The largest absolute Gasteiger partial charge is 0.512 e. The molecule has 0 amide bonds. The summed E-state index contributed by atoms with van der Waals surface area (Å²) in [7, 11) is 1.49. The van der Waals surface area contributed by atoms with Gasteiger partial charge < -0.3 is 15.6 Å². The van der Waals surface area contributed by atoms with E-state index < -0.39 is 0 Å². The summed E-state index contributed by atoms with van der Waals surface area (Å²) in [5, 5.41) is 23.8. The van der Waals surface area contributed by atoms with Gasteiger partial charge in [0.2, 0.25) is 0 Å². The highest BCUT2D eigenvalue weighted by Gasteiger charge is 2.18. The molecule has 0 bridgehead atoms. The fourth-order valence-electron chi connectivity index (χ4n) is 1.73. The molecule has 0 aromatic heterocycles. The van der Waals surface area contributed by atoms with Crippen LogP contribution in [0.3, 0.4) is 0 Å². The number of hydrogen-bond donors (Lipinski definition) is 2. The zero-order valence-electron chi connectivity index (χ0n) is 12.2. The minimum absolute atomic E-state index is 0.265. The zero-order valence-corrected chi connectivity index (χ0v) is 12.2. The summed E-state index contributed by atoms with van der Waals surface area (Å²) in [5.41, 5.74) is 6.72. The Balaban J connectivity index is 2.87. The Labute approximate surface area is 124 Å². The molecule has 3 N–H and O–H groups in total. The summed E-state index contributed by atoms with van der Waals surface area (Å²) in [6.07, 6.45) is 6.93. The van der Waals surface area contributed by atoms with Crippen molar-refractivity contribution in [1.29, 1.82) is 5.26 Å². The smallest absolute Gasteiger partial charge is 0.152 e. The van der Waals surface area contributed by atoms with Gasteiger partial charge in [-0.1, -0.05) is 6.08 Å². The second-order valence-electron chi connectivity index (χ2n) is 4.08. The van der Waals surface area contributed by atoms with Crippen molar-refractivity contribution in [3.63, 3.8) is 0 Å². The average molecular weight is 289 g/mol. The van der Waals surface area contributed by atoms with Crippen molar-refractivity contribution in [2.45, 2.75) is 19.8 Å². The second kappa shape index (κ2) is 8.43. The Bertz CT molecular complexity index is 552. The van der Waals surface area contributed by atoms with E-state index in [0.717, 1.165) is 6.26 Å². The number of ether oxygens (including phenoxy) is 1. The van der Waals surface area contributed by atoms with Crippen LogP contribution in [0.25, 0.3) is 0 Å². The molecule has 0 saturated carbocycles. The van der Waals surface area contributed by atoms with Crippen LogP contribution in [0, 0.1) is 11.3 Å². The van der Waals surface area contributed by atoms with Gasteiger partial charge in [-0.3, -0.25) is 5.01 Å². The minimum Gasteiger partial charge on any atom is -0.512 e. The second-order valence-corrected chi connectivity index (χ2v) is 4.08. The highest BCUT2D eigenvalue weighted by Crippen LogP contribution is 2.16. The van der Waals surface area contributed by atoms with Crippen LogP contribution >= 0.6 is 0 Å². The van der Waals surface area contributed by atoms with Crippen LogP contribution in [0.1, 0.15) is 19.8 Å². The van der Waals surface area contributed by atoms with Gasteiger partial charge in [0.05, 0.1) is 12.7 Å². The molecule has 1 heterocycles. The lowest BCUT2D eigenvalue weighted by Crippen LogP contribution is -2.32. The number of nitriles is 1. The molecule has 0 saturated heterocycles. The molecule has 0 aromatic carbocycles. The molecule has 1 aliphatic rings. The Morgan fingerprint density at radius 2 is 2.38 bits per heavy atom. The third kappa shape index (κ3) is 4.38. The molecule has 0 radical (unpaired) electrons. The normalized spacial score (nSPS) is 17.7. The number of methoxy groups -OCH3 is 1. The number of aliphatic hydroxyl groups is 1. The molecule has 1 rings (SSSR count). The molecule has 0 aromatic rings. The molecule has 7 nitrogen and oxygen atoms in total. The van der Waals surface area contributed by atoms with Gasteiger partial charge in [0.15, 0.2) is 5.84 Å². The number of aliphatic hydroxyl groups excluding tert-OH is 1. The number of nitrogens with two attached hydrogens (primary N) is 1. The lowest BCUT2D eigenvalue weighted by atomic mass is 10.1. The van der Waals surface area contributed by atoms with E-state index in [-0.39, 0.29) is 5.84 Å². The summed E-state index contributed by atoms with van der Waals surface area (Å²) >= 11 is 0. The van der Waals surface area contributed by atoms with Crippen LogP contribution in [0.15, 0.2) is 45.5 Å². The monoisotopic (exact) mass is 289 g/mol. The van der Waals surface area contributed by atoms with Crippen LogP contribution in [0.5, 0.6) is 0 Å². The standard InChI is InChI=1S/C14H19N5O2/c1-3-19-13(14(16)17-10-18-19)11(8-15)6-4-5-7-12(9-20)21-2/h4,6,9-10,20H,3,5,7H2,1-2H3,(H2,16,17,18)/b6-4+,12-9-,13-11+. The van der Waals surface area contributed by atoms with E-state index in [9.17, 15) is 5.26 Å². The lowest BCUT2D eigenvalue weighted by Gasteiger charge is -2.22. The quantitative estimate of drug-likeness (QED) is 0.572. The molecule has 21 heavy (non-hydrogen) atoms. The first kappa shape index (κ1) is 16.3. The van der Waals surface area contributed by atoms with Crippen LogP contribution < -0.4 is 5.73 Å². The van der Waals surface area contributed by atoms with Gasteiger partial charge in [0, 0.05) is 13.0 Å². The molecule has 112 valence electrons. The first-order valence-corrected chi connectivity index (χ1v) is 6.49. The highest BCUT2D eigenvalue weighted by molar-refractivity contribution is 6.03. The number of hydrogen-bond acceptors (Lipinski definition) is 7. The number of amidine groups is 1. The minimum atomic E-state index is 0.265. The van der Waals surface area contributed by atoms with E-state index in [1.54, 1.807) is 11.1 Å². The number of aliphatic imine (C=N–C) groups is 1. The van der Waals surface area contributed by atoms with Gasteiger partial charge in [-0.05, 0) is 19.4 Å². The zero-order chi connectivity index (χ0) is 15.7. The van der Waals surface area contributed by atoms with Gasteiger partial charge >= 0.3 is 0 Å². The van der Waals surface area contributed by atoms with Crippen molar-refractivity contribution in [2.75, 3.05) is 13.7 Å². The van der Waals surface area contributed by atoms with E-state index in [4.69, 9.17) is 15.6 Å². The topological polar surface area (TPSA) is 107 Å². The van der Waals surface area contributed by atoms with Crippen LogP contribution in [-0.2, 0) is 4.74 Å². The number of allylic oxidation sites excluding steroid dienone is 4. The van der Waals surface area contributed by atoms with Crippen molar-refractivity contribution in [3.05, 3.63) is 35.4 Å². The van der Waals surface area contributed by atoms with Gasteiger partial charge in [0.25, 0.3) is 0 Å². The molecule has 0 aliphatic carbocycles. The SMILES string of the molecule is CCN1N=CN=C(N)/C1=C(C#N)/C=C/CC/C(=C/O)OC. The molecule has 0 unspecified atom stereocenters. The Kier molecular flexibility index (Phi) is 6.54. The van der Waals surface area contributed by atoms with Gasteiger partial charge in [0.1, 0.15) is 30.1 Å². The molecule has 0 spiro atoms. The molecule has 7 heteroatoms. The van der Waals surface area contributed by atoms with E-state index in [2.05, 4.69) is 16.2 Å². The Morgan fingerprint density at radius 1 is 1.62 bits per heavy atom. The highest BCUT2D eigenvalue weighted by atomic mass is 16.5. The van der Waals surface area contributed by atoms with Crippen molar-refractivity contribution in [1.82, 2.24) is 5.01 Å². The van der Waals surface area contributed by atoms with E-state index in [1.165, 1.54) is 13.4 Å². The number of rotatable bonds is 6. The van der Waals surface area contributed by atoms with Gasteiger partial charge in [-0.25, -0.2) is 4.99 Å². The summed E-state index contributed by atoms with van der Waals surface area (Å²) in [6, 6.07) is 2.10. The maximum absolute atomic E-state index is 9.29. The summed E-state index contributed by atoms with van der Waals surface area (Å²) < 4.78 is 4.93. The van der Waals surface area contributed by atoms with Crippen molar-refractivity contribution < 1.29 is 9.84 Å². The lowest BCUT2D eigenvalue weighted by molar-refractivity contribution is 0.258. The van der Waals surface area contributed by atoms with Gasteiger partial charge in [-0.2, -0.15) is 10.4 Å². The van der Waals surface area contributed by atoms with Crippen molar-refractivity contribution >= 4 is 12.2 Å². The van der Waals surface area contributed by atoms with Crippen LogP contribution in [0.4, 0.5) is 0 Å². The van der Waals surface area contributed by atoms with Crippen LogP contribution in [-0.4, -0.2) is 35.9 Å². The first-order chi connectivity index (χ1) is 10.2. The predicted molar refractivity (Wildman–Crippen MR) is 81.2 cm³/mol. The molecule has 0 fully saturated rings. The predicted octanol–water partition coefficient (Wildman–Crippen LogP) is 1.78. The van der Waals surface area contributed by atoms with Crippen molar-refractivity contribution in [3.8, 4) is 6.07 Å². The molecular formula is C14H19N5O2. The Hall–Kier alpha value is -2.75. The van der Waals surface area contributed by atoms with E-state index in [1.807, 2.05) is 13.0 Å². The maximum atomic E-state index is 9.29. The maximum Gasteiger partial charge on any atom is 0.152 e. The molecular weight excluding hydrogens is 270 g/mol. The van der Waals surface area contributed by atoms with E-state index >= 15 is 0 Å². The number of nitrogens with zero attached hydrogens (tertiary/aromatic N) is 4. The first-order valence-electron chi connectivity index (χ1n) is 6.49. The molecule has 0 atom stereocenters. The third-order valence-corrected chi connectivity index (χ3v) is 2.81. The fourth-order valence-corrected chi connectivity index (χ4v) is 1.73. The third-order valence-electron chi connectivity index (χ3n) is 2.81. The summed E-state index contributed by atoms with van der Waals surface area (Å²) in [6.45, 7) is 2.49. The average Bonchev–Trinajstić information content (AvgIpc) is 2.51. The van der Waals surface area contributed by atoms with Crippen LogP contribution in [0.2, 0.25) is 0 Å². The number of likely N-dealkylation sites (N-methyl/N-ethyl adjacent to an activating group) is 1.